The predicted molar refractivity (Wildman–Crippen MR) is 40.3 cm³/mol. The molecule has 0 radical (unpaired) electrons. The molecule has 12 heavy (non-hydrogen) atoms. The highest BCUT2D eigenvalue weighted by molar-refractivity contribution is 5.39. The Morgan fingerprint density at radius 1 is 0.917 bits per heavy atom. The molecule has 0 aromatic rings. The summed E-state index contributed by atoms with van der Waals surface area (Å²) in [6, 6.07) is 0. The fourth-order valence-electron chi connectivity index (χ4n) is 1.52. The molecule has 0 unspecified atom stereocenters. The molecule has 1 aliphatic rings. The molecule has 0 bridgehead atoms. The van der Waals surface area contributed by atoms with Crippen LogP contribution in [0.2, 0.25) is 0 Å². The second-order valence-corrected chi connectivity index (χ2v) is 2.83. The largest absolute Gasteiger partial charge is 0.461 e. The van der Waals surface area contributed by atoms with Gasteiger partial charge in [0, 0.05) is 0 Å². The fraction of sp³-hybridized carbons (Fsp3) is 0.750. The Hall–Kier alpha value is -1.06. The third-order valence-corrected chi connectivity index (χ3v) is 2.10. The van der Waals surface area contributed by atoms with Gasteiger partial charge in [0.25, 0.3) is 12.9 Å². The molecule has 0 aromatic heterocycles. The molecule has 2 atom stereocenters. The van der Waals surface area contributed by atoms with Crippen molar-refractivity contribution in [2.24, 2.45) is 0 Å². The Labute approximate surface area is 70.8 Å². The molecule has 4 nitrogen and oxygen atoms in total. The van der Waals surface area contributed by atoms with Gasteiger partial charge >= 0.3 is 0 Å². The number of carbonyl (C=O) groups excluding carboxylic acids is 2. The molecule has 0 N–H and O–H groups in total. The molecule has 0 aromatic carbocycles. The van der Waals surface area contributed by atoms with E-state index in [2.05, 4.69) is 0 Å². The normalized spacial score (nSPS) is 29.0. The lowest BCUT2D eigenvalue weighted by atomic mass is 9.95. The van der Waals surface area contributed by atoms with Gasteiger partial charge in [-0.3, -0.25) is 9.59 Å². The molecule has 1 saturated carbocycles. The molecule has 0 aliphatic heterocycles. The quantitative estimate of drug-likeness (QED) is 0.584. The van der Waals surface area contributed by atoms with Crippen LogP contribution in [0.4, 0.5) is 0 Å². The summed E-state index contributed by atoms with van der Waals surface area (Å²) in [5.74, 6) is 0. The molecule has 1 fully saturated rings. The van der Waals surface area contributed by atoms with Crippen LogP contribution in [0.1, 0.15) is 25.7 Å². The summed E-state index contributed by atoms with van der Waals surface area (Å²) in [4.78, 5) is 20.1. The van der Waals surface area contributed by atoms with Crippen LogP contribution in [0, 0.1) is 0 Å². The number of carbonyl (C=O) groups is 2. The van der Waals surface area contributed by atoms with Crippen LogP contribution in [0.25, 0.3) is 0 Å². The zero-order valence-corrected chi connectivity index (χ0v) is 6.77. The molecule has 68 valence electrons. The maximum atomic E-state index is 10.1. The van der Waals surface area contributed by atoms with Gasteiger partial charge in [-0.1, -0.05) is 0 Å². The monoisotopic (exact) mass is 172 g/mol. The standard InChI is InChI=1S/C8H12O4/c9-5-11-7-3-1-2-4-8(7)12-6-10/h5-8H,1-4H2/t7-,8-/m0/s1. The number of rotatable bonds is 4. The van der Waals surface area contributed by atoms with Crippen LogP contribution in [0.15, 0.2) is 0 Å². The van der Waals surface area contributed by atoms with Gasteiger partial charge in [0.1, 0.15) is 12.2 Å². The van der Waals surface area contributed by atoms with Crippen molar-refractivity contribution in [2.75, 3.05) is 0 Å². The third-order valence-electron chi connectivity index (χ3n) is 2.10. The molecule has 1 aliphatic carbocycles. The number of hydrogen-bond donors (Lipinski definition) is 0. The van der Waals surface area contributed by atoms with Crippen molar-refractivity contribution in [3.63, 3.8) is 0 Å². The van der Waals surface area contributed by atoms with Gasteiger partial charge in [0.05, 0.1) is 0 Å². The van der Waals surface area contributed by atoms with Gasteiger partial charge in [-0.2, -0.15) is 0 Å². The minimum atomic E-state index is -0.235. The number of ether oxygens (including phenoxy) is 2. The average molecular weight is 172 g/mol. The van der Waals surface area contributed by atoms with Crippen LogP contribution in [-0.4, -0.2) is 25.2 Å². The second-order valence-electron chi connectivity index (χ2n) is 2.83. The fourth-order valence-corrected chi connectivity index (χ4v) is 1.52. The minimum Gasteiger partial charge on any atom is -0.461 e. The van der Waals surface area contributed by atoms with Crippen molar-refractivity contribution in [3.05, 3.63) is 0 Å². The Bertz CT molecular complexity index is 139. The summed E-state index contributed by atoms with van der Waals surface area (Å²) in [5.41, 5.74) is 0. The highest BCUT2D eigenvalue weighted by atomic mass is 16.6. The van der Waals surface area contributed by atoms with Gasteiger partial charge in [0.2, 0.25) is 0 Å². The number of hydrogen-bond acceptors (Lipinski definition) is 4. The third kappa shape index (κ3) is 2.22. The maximum Gasteiger partial charge on any atom is 0.293 e. The van der Waals surface area contributed by atoms with E-state index in [1.165, 1.54) is 0 Å². The summed E-state index contributed by atoms with van der Waals surface area (Å²) in [6.07, 6.45) is 3.16. The Balaban J connectivity index is 2.41. The highest BCUT2D eigenvalue weighted by Crippen LogP contribution is 2.22. The van der Waals surface area contributed by atoms with Crippen molar-refractivity contribution in [1.82, 2.24) is 0 Å². The van der Waals surface area contributed by atoms with E-state index >= 15 is 0 Å². The van der Waals surface area contributed by atoms with Crippen LogP contribution in [0.3, 0.4) is 0 Å². The van der Waals surface area contributed by atoms with Crippen LogP contribution >= 0.6 is 0 Å². The topological polar surface area (TPSA) is 52.6 Å². The molecule has 1 rings (SSSR count). The minimum absolute atomic E-state index is 0.235. The van der Waals surface area contributed by atoms with Gasteiger partial charge in [-0.15, -0.1) is 0 Å². The SMILES string of the molecule is O=CO[C@H]1CCCC[C@@H]1OC=O. The van der Waals surface area contributed by atoms with E-state index in [0.29, 0.717) is 12.9 Å². The van der Waals surface area contributed by atoms with Crippen LogP contribution in [-0.2, 0) is 19.1 Å². The van der Waals surface area contributed by atoms with E-state index in [0.717, 1.165) is 25.7 Å². The first-order valence-electron chi connectivity index (χ1n) is 4.06. The molecular weight excluding hydrogens is 160 g/mol. The summed E-state index contributed by atoms with van der Waals surface area (Å²) in [7, 11) is 0. The zero-order valence-electron chi connectivity index (χ0n) is 6.77. The Kier molecular flexibility index (Phi) is 3.57. The van der Waals surface area contributed by atoms with E-state index in [-0.39, 0.29) is 12.2 Å². The molecule has 0 spiro atoms. The summed E-state index contributed by atoms with van der Waals surface area (Å²) >= 11 is 0. The van der Waals surface area contributed by atoms with Crippen molar-refractivity contribution >= 4 is 12.9 Å². The highest BCUT2D eigenvalue weighted by Gasteiger charge is 2.27. The smallest absolute Gasteiger partial charge is 0.293 e. The van der Waals surface area contributed by atoms with Crippen molar-refractivity contribution in [1.29, 1.82) is 0 Å². The average Bonchev–Trinajstić information content (AvgIpc) is 2.09. The van der Waals surface area contributed by atoms with E-state index < -0.39 is 0 Å². The zero-order chi connectivity index (χ0) is 8.81. The lowest BCUT2D eigenvalue weighted by Crippen LogP contribution is -2.34. The predicted octanol–water partition coefficient (Wildman–Crippen LogP) is 0.644. The molecule has 4 heteroatoms. The Morgan fingerprint density at radius 3 is 1.67 bits per heavy atom. The van der Waals surface area contributed by atoms with E-state index in [9.17, 15) is 9.59 Å². The van der Waals surface area contributed by atoms with Crippen molar-refractivity contribution in [2.45, 2.75) is 37.9 Å². The van der Waals surface area contributed by atoms with E-state index in [1.54, 1.807) is 0 Å². The molecular formula is C8H12O4. The molecule has 0 amide bonds. The van der Waals surface area contributed by atoms with Gasteiger partial charge in [-0.05, 0) is 25.7 Å². The molecule has 0 saturated heterocycles. The van der Waals surface area contributed by atoms with E-state index in [4.69, 9.17) is 9.47 Å². The first kappa shape index (κ1) is 9.03. The van der Waals surface area contributed by atoms with Gasteiger partial charge in [-0.25, -0.2) is 0 Å². The maximum absolute atomic E-state index is 10.1. The van der Waals surface area contributed by atoms with Crippen LogP contribution < -0.4 is 0 Å². The van der Waals surface area contributed by atoms with Crippen molar-refractivity contribution in [3.8, 4) is 0 Å². The molecule has 0 heterocycles. The van der Waals surface area contributed by atoms with Crippen molar-refractivity contribution < 1.29 is 19.1 Å². The van der Waals surface area contributed by atoms with Crippen LogP contribution in [0.5, 0.6) is 0 Å². The first-order valence-corrected chi connectivity index (χ1v) is 4.06. The van der Waals surface area contributed by atoms with Gasteiger partial charge in [0.15, 0.2) is 0 Å². The van der Waals surface area contributed by atoms with Gasteiger partial charge < -0.3 is 9.47 Å². The van der Waals surface area contributed by atoms with E-state index in [1.807, 2.05) is 0 Å². The lowest BCUT2D eigenvalue weighted by molar-refractivity contribution is -0.154. The lowest BCUT2D eigenvalue weighted by Gasteiger charge is -2.27. The summed E-state index contributed by atoms with van der Waals surface area (Å²) in [6.45, 7) is 0.828. The second kappa shape index (κ2) is 4.74. The Morgan fingerprint density at radius 2 is 1.33 bits per heavy atom. The summed E-state index contributed by atoms with van der Waals surface area (Å²) < 4.78 is 9.57. The first-order chi connectivity index (χ1) is 5.88. The summed E-state index contributed by atoms with van der Waals surface area (Å²) in [5, 5.41) is 0.